The van der Waals surface area contributed by atoms with Gasteiger partial charge >= 0.3 is 0 Å². The van der Waals surface area contributed by atoms with E-state index in [1.165, 1.54) is 0 Å². The number of nitrogens with two attached hydrogens (primary N) is 1. The highest BCUT2D eigenvalue weighted by Crippen LogP contribution is 2.19. The average molecular weight is 240 g/mol. The SMILES string of the molecule is Cc1cc(Nc2ccccc2C#N)nc(NN)n1. The van der Waals surface area contributed by atoms with Crippen LogP contribution in [-0.4, -0.2) is 9.97 Å². The van der Waals surface area contributed by atoms with E-state index < -0.39 is 0 Å². The molecule has 18 heavy (non-hydrogen) atoms. The highest BCUT2D eigenvalue weighted by Gasteiger charge is 2.04. The van der Waals surface area contributed by atoms with Crippen molar-refractivity contribution in [1.82, 2.24) is 9.97 Å². The fraction of sp³-hybridized carbons (Fsp3) is 0.0833. The van der Waals surface area contributed by atoms with Gasteiger partial charge in [-0.05, 0) is 19.1 Å². The zero-order valence-electron chi connectivity index (χ0n) is 9.81. The molecule has 4 N–H and O–H groups in total. The van der Waals surface area contributed by atoms with Gasteiger partial charge in [0.2, 0.25) is 5.95 Å². The van der Waals surface area contributed by atoms with Crippen LogP contribution in [0.15, 0.2) is 30.3 Å². The third kappa shape index (κ3) is 2.53. The Kier molecular flexibility index (Phi) is 3.36. The van der Waals surface area contributed by atoms with Crippen LogP contribution in [0, 0.1) is 18.3 Å². The highest BCUT2D eigenvalue weighted by molar-refractivity contribution is 5.64. The molecule has 0 radical (unpaired) electrons. The van der Waals surface area contributed by atoms with Gasteiger partial charge in [-0.15, -0.1) is 0 Å². The molecule has 0 spiro atoms. The molecule has 1 aromatic heterocycles. The Morgan fingerprint density at radius 3 is 2.78 bits per heavy atom. The van der Waals surface area contributed by atoms with Gasteiger partial charge in [0, 0.05) is 11.8 Å². The standard InChI is InChI=1S/C12H12N6/c1-8-6-11(17-12(15-8)18-14)16-10-5-3-2-4-9(10)7-13/h2-6H,14H2,1H3,(H2,15,16,17,18). The molecule has 0 aliphatic rings. The van der Waals surface area contributed by atoms with Crippen molar-refractivity contribution < 1.29 is 0 Å². The lowest BCUT2D eigenvalue weighted by molar-refractivity contribution is 1.07. The first kappa shape index (κ1) is 11.8. The van der Waals surface area contributed by atoms with Gasteiger partial charge in [0.25, 0.3) is 0 Å². The Balaban J connectivity index is 2.34. The maximum absolute atomic E-state index is 9.00. The molecule has 2 rings (SSSR count). The number of para-hydroxylation sites is 1. The summed E-state index contributed by atoms with van der Waals surface area (Å²) in [4.78, 5) is 8.24. The fourth-order valence-electron chi connectivity index (χ4n) is 1.52. The number of hydrazine groups is 1. The summed E-state index contributed by atoms with van der Waals surface area (Å²) in [6, 6.07) is 11.1. The Hall–Kier alpha value is -2.65. The molecule has 6 nitrogen and oxygen atoms in total. The quantitative estimate of drug-likeness (QED) is 0.557. The summed E-state index contributed by atoms with van der Waals surface area (Å²) in [5.74, 6) is 6.19. The van der Waals surface area contributed by atoms with Crippen LogP contribution >= 0.6 is 0 Å². The molecule has 1 aromatic carbocycles. The molecule has 0 aliphatic carbocycles. The number of hydrogen-bond donors (Lipinski definition) is 3. The van der Waals surface area contributed by atoms with Gasteiger partial charge in [-0.3, -0.25) is 5.43 Å². The van der Waals surface area contributed by atoms with Crippen LogP contribution < -0.4 is 16.6 Å². The second kappa shape index (κ2) is 5.12. The number of anilines is 3. The normalized spacial score (nSPS) is 9.61. The Labute approximate surface area is 104 Å². The first-order valence-electron chi connectivity index (χ1n) is 5.31. The Bertz CT molecular complexity index is 602. The van der Waals surface area contributed by atoms with Gasteiger partial charge in [-0.2, -0.15) is 10.2 Å². The Morgan fingerprint density at radius 2 is 2.06 bits per heavy atom. The van der Waals surface area contributed by atoms with Crippen molar-refractivity contribution in [2.45, 2.75) is 6.92 Å². The average Bonchev–Trinajstić information content (AvgIpc) is 2.38. The second-order valence-corrected chi connectivity index (χ2v) is 3.64. The topological polar surface area (TPSA) is 99.7 Å². The third-order valence-corrected chi connectivity index (χ3v) is 2.29. The first-order chi connectivity index (χ1) is 8.72. The minimum Gasteiger partial charge on any atom is -0.339 e. The third-order valence-electron chi connectivity index (χ3n) is 2.29. The van der Waals surface area contributed by atoms with Crippen molar-refractivity contribution in [3.63, 3.8) is 0 Å². The van der Waals surface area contributed by atoms with Crippen molar-refractivity contribution in [2.24, 2.45) is 5.84 Å². The molecule has 6 heteroatoms. The fourth-order valence-corrected chi connectivity index (χ4v) is 1.52. The van der Waals surface area contributed by atoms with E-state index in [0.717, 1.165) is 5.69 Å². The van der Waals surface area contributed by atoms with Crippen LogP contribution in [0.25, 0.3) is 0 Å². The predicted molar refractivity (Wildman–Crippen MR) is 69.0 cm³/mol. The van der Waals surface area contributed by atoms with Crippen LogP contribution in [-0.2, 0) is 0 Å². The maximum atomic E-state index is 9.00. The minimum absolute atomic E-state index is 0.326. The van der Waals surface area contributed by atoms with E-state index in [-0.39, 0.29) is 0 Å². The molecule has 90 valence electrons. The summed E-state index contributed by atoms with van der Waals surface area (Å²) in [5.41, 5.74) is 4.42. The van der Waals surface area contributed by atoms with E-state index in [1.54, 1.807) is 12.1 Å². The zero-order valence-corrected chi connectivity index (χ0v) is 9.81. The van der Waals surface area contributed by atoms with Gasteiger partial charge < -0.3 is 5.32 Å². The van der Waals surface area contributed by atoms with Crippen molar-refractivity contribution in [3.05, 3.63) is 41.6 Å². The molecule has 0 bridgehead atoms. The molecule has 0 unspecified atom stereocenters. The minimum atomic E-state index is 0.326. The zero-order chi connectivity index (χ0) is 13.0. The summed E-state index contributed by atoms with van der Waals surface area (Å²) in [5, 5.41) is 12.1. The van der Waals surface area contributed by atoms with Crippen molar-refractivity contribution in [2.75, 3.05) is 10.7 Å². The lowest BCUT2D eigenvalue weighted by atomic mass is 10.2. The number of rotatable bonds is 3. The molecule has 1 heterocycles. The second-order valence-electron chi connectivity index (χ2n) is 3.64. The molecule has 0 aliphatic heterocycles. The lowest BCUT2D eigenvalue weighted by Crippen LogP contribution is -2.12. The van der Waals surface area contributed by atoms with Crippen LogP contribution in [0.5, 0.6) is 0 Å². The number of aromatic nitrogens is 2. The number of benzene rings is 1. The molecule has 0 saturated heterocycles. The van der Waals surface area contributed by atoms with Crippen LogP contribution in [0.2, 0.25) is 0 Å². The van der Waals surface area contributed by atoms with E-state index >= 15 is 0 Å². The van der Waals surface area contributed by atoms with E-state index in [4.69, 9.17) is 11.1 Å². The predicted octanol–water partition coefficient (Wildman–Crippen LogP) is 1.69. The van der Waals surface area contributed by atoms with Crippen LogP contribution in [0.3, 0.4) is 0 Å². The summed E-state index contributed by atoms with van der Waals surface area (Å²) >= 11 is 0. The van der Waals surface area contributed by atoms with Crippen molar-refractivity contribution in [1.29, 1.82) is 5.26 Å². The molecule has 2 aromatic rings. The van der Waals surface area contributed by atoms with Gasteiger partial charge in [-0.1, -0.05) is 12.1 Å². The van der Waals surface area contributed by atoms with E-state index in [0.29, 0.717) is 23.0 Å². The van der Waals surface area contributed by atoms with E-state index in [2.05, 4.69) is 26.8 Å². The smallest absolute Gasteiger partial charge is 0.239 e. The molecule has 0 saturated carbocycles. The molecular weight excluding hydrogens is 228 g/mol. The lowest BCUT2D eigenvalue weighted by Gasteiger charge is -2.09. The molecule has 0 amide bonds. The van der Waals surface area contributed by atoms with E-state index in [1.807, 2.05) is 25.1 Å². The van der Waals surface area contributed by atoms with Gasteiger partial charge in [0.1, 0.15) is 11.9 Å². The van der Waals surface area contributed by atoms with Gasteiger partial charge in [0.15, 0.2) is 0 Å². The van der Waals surface area contributed by atoms with Crippen molar-refractivity contribution >= 4 is 17.5 Å². The van der Waals surface area contributed by atoms with Crippen LogP contribution in [0.1, 0.15) is 11.3 Å². The first-order valence-corrected chi connectivity index (χ1v) is 5.31. The number of nitriles is 1. The summed E-state index contributed by atoms with van der Waals surface area (Å²) in [6.45, 7) is 1.84. The summed E-state index contributed by atoms with van der Waals surface area (Å²) in [6.07, 6.45) is 0. The molecular formula is C12H12N6. The number of nitrogens with zero attached hydrogens (tertiary/aromatic N) is 3. The summed E-state index contributed by atoms with van der Waals surface area (Å²) < 4.78 is 0. The molecule has 0 atom stereocenters. The Morgan fingerprint density at radius 1 is 1.28 bits per heavy atom. The largest absolute Gasteiger partial charge is 0.339 e. The van der Waals surface area contributed by atoms with Gasteiger partial charge in [-0.25, -0.2) is 10.8 Å². The number of nitrogen functional groups attached to an aromatic ring is 1. The number of nitrogens with one attached hydrogen (secondary N) is 2. The highest BCUT2D eigenvalue weighted by atomic mass is 15.3. The maximum Gasteiger partial charge on any atom is 0.239 e. The van der Waals surface area contributed by atoms with Crippen LogP contribution in [0.4, 0.5) is 17.5 Å². The number of aryl methyl sites for hydroxylation is 1. The number of hydrogen-bond acceptors (Lipinski definition) is 6. The van der Waals surface area contributed by atoms with Gasteiger partial charge in [0.05, 0.1) is 11.3 Å². The summed E-state index contributed by atoms with van der Waals surface area (Å²) in [7, 11) is 0. The van der Waals surface area contributed by atoms with E-state index in [9.17, 15) is 0 Å². The molecule has 0 fully saturated rings. The van der Waals surface area contributed by atoms with Crippen molar-refractivity contribution in [3.8, 4) is 6.07 Å². The monoisotopic (exact) mass is 240 g/mol.